The Morgan fingerprint density at radius 1 is 1.15 bits per heavy atom. The molecule has 1 heterocycles. The molecule has 6 heteroatoms. The summed E-state index contributed by atoms with van der Waals surface area (Å²) in [7, 11) is 0. The average Bonchev–Trinajstić information content (AvgIpc) is 2.38. The molecular formula is C14H19F3N2O. The average molecular weight is 288 g/mol. The second-order valence-corrected chi connectivity index (χ2v) is 5.00. The number of nitrogen functional groups attached to an aromatic ring is 1. The number of hydrogen-bond donors (Lipinski definition) is 1. The minimum Gasteiger partial charge on any atom is -0.492 e. The van der Waals surface area contributed by atoms with Crippen LogP contribution in [0.25, 0.3) is 0 Å². The lowest BCUT2D eigenvalue weighted by Crippen LogP contribution is -2.33. The SMILES string of the molecule is Nc1ccc(C(F)(F)F)c(OCCN2CCCCC2)c1. The number of rotatable bonds is 4. The molecule has 1 aliphatic heterocycles. The smallest absolute Gasteiger partial charge is 0.419 e. The van der Waals surface area contributed by atoms with Gasteiger partial charge in [-0.15, -0.1) is 0 Å². The van der Waals surface area contributed by atoms with E-state index >= 15 is 0 Å². The Hall–Kier alpha value is -1.43. The maximum Gasteiger partial charge on any atom is 0.419 e. The van der Waals surface area contributed by atoms with Crippen LogP contribution in [0.1, 0.15) is 24.8 Å². The van der Waals surface area contributed by atoms with Gasteiger partial charge in [-0.05, 0) is 38.1 Å². The summed E-state index contributed by atoms with van der Waals surface area (Å²) in [4.78, 5) is 2.21. The van der Waals surface area contributed by atoms with Crippen LogP contribution in [-0.2, 0) is 6.18 Å². The van der Waals surface area contributed by atoms with Gasteiger partial charge in [0.15, 0.2) is 0 Å². The standard InChI is InChI=1S/C14H19F3N2O/c15-14(16,17)12-5-4-11(18)10-13(12)20-9-8-19-6-2-1-3-7-19/h4-5,10H,1-3,6-9,18H2. The molecule has 2 N–H and O–H groups in total. The quantitative estimate of drug-likeness (QED) is 0.865. The third kappa shape index (κ3) is 4.03. The Morgan fingerprint density at radius 3 is 2.50 bits per heavy atom. The zero-order chi connectivity index (χ0) is 14.6. The second kappa shape index (κ2) is 6.35. The predicted octanol–water partition coefficient (Wildman–Crippen LogP) is 3.15. The maximum absolute atomic E-state index is 12.8. The highest BCUT2D eigenvalue weighted by Crippen LogP contribution is 2.37. The largest absolute Gasteiger partial charge is 0.492 e. The fraction of sp³-hybridized carbons (Fsp3) is 0.571. The summed E-state index contributed by atoms with van der Waals surface area (Å²) in [5, 5.41) is 0. The van der Waals surface area contributed by atoms with E-state index in [1.165, 1.54) is 18.6 Å². The number of benzene rings is 1. The highest BCUT2D eigenvalue weighted by Gasteiger charge is 2.34. The van der Waals surface area contributed by atoms with E-state index < -0.39 is 11.7 Å². The Bertz CT molecular complexity index is 443. The molecule has 3 nitrogen and oxygen atoms in total. The van der Waals surface area contributed by atoms with Gasteiger partial charge in [0.05, 0.1) is 5.56 Å². The lowest BCUT2D eigenvalue weighted by Gasteiger charge is -2.26. The molecule has 1 fully saturated rings. The molecule has 0 radical (unpaired) electrons. The van der Waals surface area contributed by atoms with Gasteiger partial charge in [-0.1, -0.05) is 6.42 Å². The molecule has 0 bridgehead atoms. The first-order valence-corrected chi connectivity index (χ1v) is 6.79. The first kappa shape index (κ1) is 15.0. The highest BCUT2D eigenvalue weighted by atomic mass is 19.4. The van der Waals surface area contributed by atoms with E-state index in [0.717, 1.165) is 32.0 Å². The van der Waals surface area contributed by atoms with Crippen LogP contribution in [0.3, 0.4) is 0 Å². The number of ether oxygens (including phenoxy) is 1. The third-order valence-electron chi connectivity index (χ3n) is 3.42. The van der Waals surface area contributed by atoms with Crippen LogP contribution in [0.5, 0.6) is 5.75 Å². The molecule has 2 rings (SSSR count). The zero-order valence-electron chi connectivity index (χ0n) is 11.2. The molecule has 112 valence electrons. The second-order valence-electron chi connectivity index (χ2n) is 5.00. The van der Waals surface area contributed by atoms with Crippen molar-refractivity contribution in [3.05, 3.63) is 23.8 Å². The molecule has 0 unspecified atom stereocenters. The van der Waals surface area contributed by atoms with Gasteiger partial charge >= 0.3 is 6.18 Å². The number of anilines is 1. The van der Waals surface area contributed by atoms with E-state index in [2.05, 4.69) is 4.90 Å². The first-order valence-electron chi connectivity index (χ1n) is 6.79. The summed E-state index contributed by atoms with van der Waals surface area (Å²) in [5.74, 6) is -0.186. The lowest BCUT2D eigenvalue weighted by molar-refractivity contribution is -0.139. The van der Waals surface area contributed by atoms with Gasteiger partial charge in [-0.3, -0.25) is 4.90 Å². The molecule has 1 aromatic rings. The topological polar surface area (TPSA) is 38.5 Å². The Kier molecular flexibility index (Phi) is 4.75. The molecule has 0 spiro atoms. The van der Waals surface area contributed by atoms with Crippen molar-refractivity contribution in [3.63, 3.8) is 0 Å². The van der Waals surface area contributed by atoms with Gasteiger partial charge in [-0.25, -0.2) is 0 Å². The van der Waals surface area contributed by atoms with Crippen molar-refractivity contribution in [2.75, 3.05) is 32.0 Å². The minimum absolute atomic E-state index is 0.186. The fourth-order valence-corrected chi connectivity index (χ4v) is 2.36. The van der Waals surface area contributed by atoms with Crippen molar-refractivity contribution in [2.24, 2.45) is 0 Å². The summed E-state index contributed by atoms with van der Waals surface area (Å²) >= 11 is 0. The van der Waals surface area contributed by atoms with Gasteiger partial charge in [0.1, 0.15) is 12.4 Å². The van der Waals surface area contributed by atoms with Crippen molar-refractivity contribution >= 4 is 5.69 Å². The number of nitrogens with two attached hydrogens (primary N) is 1. The van der Waals surface area contributed by atoms with Gasteiger partial charge in [0.2, 0.25) is 0 Å². The van der Waals surface area contributed by atoms with Crippen molar-refractivity contribution in [2.45, 2.75) is 25.4 Å². The zero-order valence-corrected chi connectivity index (χ0v) is 11.2. The molecule has 0 saturated carbocycles. The van der Waals surface area contributed by atoms with Gasteiger partial charge in [0.25, 0.3) is 0 Å². The van der Waals surface area contributed by atoms with E-state index in [0.29, 0.717) is 6.54 Å². The molecular weight excluding hydrogens is 269 g/mol. The summed E-state index contributed by atoms with van der Waals surface area (Å²) in [6.07, 6.45) is -0.906. The van der Waals surface area contributed by atoms with Gasteiger partial charge in [0, 0.05) is 18.3 Å². The minimum atomic E-state index is -4.42. The number of alkyl halides is 3. The van der Waals surface area contributed by atoms with Crippen molar-refractivity contribution in [1.29, 1.82) is 0 Å². The molecule has 1 saturated heterocycles. The Morgan fingerprint density at radius 2 is 1.85 bits per heavy atom. The van der Waals surface area contributed by atoms with Crippen LogP contribution >= 0.6 is 0 Å². The van der Waals surface area contributed by atoms with Crippen LogP contribution in [0, 0.1) is 0 Å². The lowest BCUT2D eigenvalue weighted by atomic mass is 10.1. The van der Waals surface area contributed by atoms with E-state index in [9.17, 15) is 13.2 Å². The molecule has 1 aromatic carbocycles. The van der Waals surface area contributed by atoms with Gasteiger partial charge in [-0.2, -0.15) is 13.2 Å². The fourth-order valence-electron chi connectivity index (χ4n) is 2.36. The Labute approximate surface area is 116 Å². The van der Waals surface area contributed by atoms with Crippen LogP contribution in [-0.4, -0.2) is 31.1 Å². The van der Waals surface area contributed by atoms with E-state index in [4.69, 9.17) is 10.5 Å². The first-order chi connectivity index (χ1) is 9.47. The number of halogens is 3. The summed E-state index contributed by atoms with van der Waals surface area (Å²) in [6.45, 7) is 2.87. The highest BCUT2D eigenvalue weighted by molar-refractivity contribution is 5.49. The predicted molar refractivity (Wildman–Crippen MR) is 71.6 cm³/mol. The molecule has 0 amide bonds. The summed E-state index contributed by atoms with van der Waals surface area (Å²) < 4.78 is 43.8. The molecule has 0 aliphatic carbocycles. The van der Waals surface area contributed by atoms with Gasteiger partial charge < -0.3 is 10.5 Å². The number of nitrogens with zero attached hydrogens (tertiary/aromatic N) is 1. The van der Waals surface area contributed by atoms with Crippen molar-refractivity contribution in [3.8, 4) is 5.75 Å². The van der Waals surface area contributed by atoms with Crippen LogP contribution in [0.2, 0.25) is 0 Å². The number of likely N-dealkylation sites (tertiary alicyclic amines) is 1. The third-order valence-corrected chi connectivity index (χ3v) is 3.42. The van der Waals surface area contributed by atoms with Crippen LogP contribution in [0.4, 0.5) is 18.9 Å². The van der Waals surface area contributed by atoms with E-state index in [1.54, 1.807) is 0 Å². The van der Waals surface area contributed by atoms with Crippen LogP contribution < -0.4 is 10.5 Å². The normalized spacial score (nSPS) is 17.1. The summed E-state index contributed by atoms with van der Waals surface area (Å²) in [6, 6.07) is 3.44. The monoisotopic (exact) mass is 288 g/mol. The maximum atomic E-state index is 12.8. The molecule has 1 aliphatic rings. The Balaban J connectivity index is 1.95. The number of piperidine rings is 1. The van der Waals surface area contributed by atoms with Crippen LogP contribution in [0.15, 0.2) is 18.2 Å². The molecule has 0 aromatic heterocycles. The van der Waals surface area contributed by atoms with E-state index in [1.807, 2.05) is 0 Å². The number of hydrogen-bond acceptors (Lipinski definition) is 3. The molecule has 0 atom stereocenters. The van der Waals surface area contributed by atoms with Crippen molar-refractivity contribution in [1.82, 2.24) is 4.90 Å². The molecule has 20 heavy (non-hydrogen) atoms. The summed E-state index contributed by atoms with van der Waals surface area (Å²) in [5.41, 5.74) is 5.02. The van der Waals surface area contributed by atoms with E-state index in [-0.39, 0.29) is 18.0 Å². The van der Waals surface area contributed by atoms with Crippen molar-refractivity contribution < 1.29 is 17.9 Å².